The highest BCUT2D eigenvalue weighted by Gasteiger charge is 2.23. The summed E-state index contributed by atoms with van der Waals surface area (Å²) in [6.45, 7) is 10.3. The first kappa shape index (κ1) is 48.9. The molecule has 0 heterocycles. The molecule has 0 aliphatic heterocycles. The van der Waals surface area contributed by atoms with E-state index in [1.807, 2.05) is 0 Å². The Kier molecular flexibility index (Phi) is 34.0. The molecule has 1 aromatic carbocycles. The maximum Gasteiger partial charge on any atom is 0.313 e. The number of benzene rings is 1. The van der Waals surface area contributed by atoms with Crippen molar-refractivity contribution in [3.63, 3.8) is 0 Å². The van der Waals surface area contributed by atoms with Crippen LogP contribution in [-0.4, -0.2) is 178 Å². The van der Waals surface area contributed by atoms with E-state index >= 15 is 0 Å². The lowest BCUT2D eigenvalue weighted by atomic mass is 10.3. The molecule has 15 nitrogen and oxygen atoms in total. The van der Waals surface area contributed by atoms with Crippen molar-refractivity contribution in [3.8, 4) is 5.75 Å². The minimum atomic E-state index is -1.79. The summed E-state index contributed by atoms with van der Waals surface area (Å²) in [5.74, 6) is -9.49. The third kappa shape index (κ3) is 29.9. The molecule has 0 aliphatic carbocycles. The van der Waals surface area contributed by atoms with E-state index in [1.54, 1.807) is 7.11 Å². The van der Waals surface area contributed by atoms with Gasteiger partial charge in [-0.05, 0) is 0 Å². The predicted octanol–water partition coefficient (Wildman–Crippen LogP) is 2.38. The second-order valence-electron chi connectivity index (χ2n) is 10.4. The van der Waals surface area contributed by atoms with Gasteiger partial charge in [-0.2, -0.15) is 8.78 Å². The molecule has 1 aromatic rings. The van der Waals surface area contributed by atoms with Crippen LogP contribution in [0.2, 0.25) is 0 Å². The fourth-order valence-corrected chi connectivity index (χ4v) is 3.62. The molecule has 0 aromatic heterocycles. The molecule has 0 amide bonds. The molecular formula is C34H56F4O15. The highest BCUT2D eigenvalue weighted by Crippen LogP contribution is 2.26. The molecule has 0 saturated heterocycles. The predicted molar refractivity (Wildman–Crippen MR) is 178 cm³/mol. The number of carbonyl (C=O) groups excluding carboxylic acids is 1. The topological polar surface area (TPSA) is 146 Å². The van der Waals surface area contributed by atoms with E-state index in [-0.39, 0.29) is 25.9 Å². The van der Waals surface area contributed by atoms with Crippen molar-refractivity contribution in [1.82, 2.24) is 0 Å². The molecule has 19 heteroatoms. The summed E-state index contributed by atoms with van der Waals surface area (Å²) >= 11 is 0. The second-order valence-corrected chi connectivity index (χ2v) is 10.4. The Labute approximate surface area is 308 Å². The van der Waals surface area contributed by atoms with Gasteiger partial charge in [-0.15, -0.1) is 0 Å². The fraction of sp³-hybridized carbons (Fsp3) is 0.794. The van der Waals surface area contributed by atoms with Gasteiger partial charge in [0, 0.05) is 13.2 Å². The number of ether oxygens (including phenoxy) is 14. The summed E-state index contributed by atoms with van der Waals surface area (Å²) in [5.41, 5.74) is 0. The van der Waals surface area contributed by atoms with Crippen molar-refractivity contribution in [3.05, 3.63) is 29.3 Å². The molecule has 53 heavy (non-hydrogen) atoms. The van der Waals surface area contributed by atoms with Crippen LogP contribution in [0.15, 0.2) is 6.07 Å². The Morgan fingerprint density at radius 3 is 0.868 bits per heavy atom. The minimum Gasteiger partial charge on any atom is -0.420 e. The molecule has 0 atom stereocenters. The fourth-order valence-electron chi connectivity index (χ4n) is 3.62. The average Bonchev–Trinajstić information content (AvgIpc) is 3.15. The number of halogens is 4. The highest BCUT2D eigenvalue weighted by molar-refractivity contribution is 5.72. The summed E-state index contributed by atoms with van der Waals surface area (Å²) in [6, 6.07) is 0.0178. The van der Waals surface area contributed by atoms with Gasteiger partial charge in [0.25, 0.3) is 0 Å². The number of rotatable bonds is 40. The summed E-state index contributed by atoms with van der Waals surface area (Å²) in [4.78, 5) is 11.7. The smallest absolute Gasteiger partial charge is 0.313 e. The lowest BCUT2D eigenvalue weighted by Crippen LogP contribution is -2.16. The lowest BCUT2D eigenvalue weighted by molar-refractivity contribution is -0.136. The Morgan fingerprint density at radius 2 is 0.623 bits per heavy atom. The highest BCUT2D eigenvalue weighted by atomic mass is 19.2. The first-order valence-corrected chi connectivity index (χ1v) is 17.4. The largest absolute Gasteiger partial charge is 0.420 e. The normalized spacial score (nSPS) is 11.5. The standard InChI is InChI=1S/C34H56F4O15/c1-40-4-5-42-8-9-44-12-13-46-16-17-48-20-21-50-24-25-52-27-26-51-23-22-49-19-18-47-15-14-45-11-10-43-7-6-41-3-2-31(39)53-34-32(37)29(35)28-30(36)33(34)38/h28H,2-27H2,1H3. The first-order chi connectivity index (χ1) is 26.0. The van der Waals surface area contributed by atoms with Gasteiger partial charge in [0.15, 0.2) is 11.6 Å². The van der Waals surface area contributed by atoms with Gasteiger partial charge in [-0.3, -0.25) is 4.79 Å². The second kappa shape index (κ2) is 36.8. The summed E-state index contributed by atoms with van der Waals surface area (Å²) < 4.78 is 127. The molecule has 0 N–H and O–H groups in total. The molecule has 0 bridgehead atoms. The Balaban J connectivity index is 1.69. The zero-order valence-electron chi connectivity index (χ0n) is 30.6. The van der Waals surface area contributed by atoms with Crippen LogP contribution in [0.25, 0.3) is 0 Å². The van der Waals surface area contributed by atoms with Crippen LogP contribution in [0.5, 0.6) is 5.75 Å². The SMILES string of the molecule is COCCOCCOCCOCCOCCOCCOCCOCCOCCOCCOCCOCCOCCC(=O)Oc1c(F)c(F)cc(F)c1F. The van der Waals surface area contributed by atoms with Crippen LogP contribution in [0, 0.1) is 23.3 Å². The van der Waals surface area contributed by atoms with E-state index in [0.717, 1.165) is 0 Å². The van der Waals surface area contributed by atoms with E-state index in [4.69, 9.17) is 61.6 Å². The Hall–Kier alpha value is -2.11. The quantitative estimate of drug-likeness (QED) is 0.0316. The molecule has 0 radical (unpaired) electrons. The lowest BCUT2D eigenvalue weighted by Gasteiger charge is -2.09. The third-order valence-electron chi connectivity index (χ3n) is 6.26. The molecule has 0 saturated carbocycles. The van der Waals surface area contributed by atoms with E-state index in [9.17, 15) is 22.4 Å². The van der Waals surface area contributed by atoms with Crippen molar-refractivity contribution < 1.29 is 88.7 Å². The van der Waals surface area contributed by atoms with Gasteiger partial charge < -0.3 is 66.3 Å². The molecule has 0 fully saturated rings. The zero-order valence-corrected chi connectivity index (χ0v) is 30.6. The Bertz CT molecular complexity index is 974. The molecular weight excluding hydrogens is 724 g/mol. The third-order valence-corrected chi connectivity index (χ3v) is 6.26. The van der Waals surface area contributed by atoms with Gasteiger partial charge in [0.2, 0.25) is 17.4 Å². The number of methoxy groups -OCH3 is 1. The molecule has 1 rings (SSSR count). The van der Waals surface area contributed by atoms with Crippen molar-refractivity contribution in [2.75, 3.05) is 172 Å². The van der Waals surface area contributed by atoms with Crippen LogP contribution >= 0.6 is 0 Å². The minimum absolute atomic E-state index is 0.0178. The van der Waals surface area contributed by atoms with Gasteiger partial charge in [-0.1, -0.05) is 0 Å². The summed E-state index contributed by atoms with van der Waals surface area (Å²) in [6.07, 6.45) is -0.394. The average molecular weight is 781 g/mol. The van der Waals surface area contributed by atoms with Crippen LogP contribution in [0.4, 0.5) is 17.6 Å². The zero-order chi connectivity index (χ0) is 38.5. The number of hydrogen-bond donors (Lipinski definition) is 0. The maximum atomic E-state index is 13.5. The van der Waals surface area contributed by atoms with Gasteiger partial charge >= 0.3 is 5.97 Å². The van der Waals surface area contributed by atoms with E-state index < -0.39 is 41.4 Å². The number of carbonyl (C=O) groups is 1. The van der Waals surface area contributed by atoms with Gasteiger partial charge in [0.05, 0.1) is 172 Å². The molecule has 0 unspecified atom stereocenters. The molecule has 310 valence electrons. The monoisotopic (exact) mass is 780 g/mol. The number of hydrogen-bond acceptors (Lipinski definition) is 15. The van der Waals surface area contributed by atoms with Gasteiger partial charge in [-0.25, -0.2) is 8.78 Å². The van der Waals surface area contributed by atoms with Crippen molar-refractivity contribution in [2.24, 2.45) is 0 Å². The van der Waals surface area contributed by atoms with Crippen molar-refractivity contribution in [1.29, 1.82) is 0 Å². The Morgan fingerprint density at radius 1 is 0.396 bits per heavy atom. The van der Waals surface area contributed by atoms with Crippen LogP contribution in [-0.2, 0) is 66.4 Å². The van der Waals surface area contributed by atoms with E-state index in [1.165, 1.54) is 0 Å². The van der Waals surface area contributed by atoms with Crippen molar-refractivity contribution >= 4 is 5.97 Å². The van der Waals surface area contributed by atoms with Crippen molar-refractivity contribution in [2.45, 2.75) is 6.42 Å². The summed E-state index contributed by atoms with van der Waals surface area (Å²) in [5, 5.41) is 0. The van der Waals surface area contributed by atoms with E-state index in [0.29, 0.717) is 145 Å². The van der Waals surface area contributed by atoms with Crippen LogP contribution < -0.4 is 4.74 Å². The van der Waals surface area contributed by atoms with E-state index in [2.05, 4.69) is 4.74 Å². The summed E-state index contributed by atoms with van der Waals surface area (Å²) in [7, 11) is 1.63. The van der Waals surface area contributed by atoms with Crippen LogP contribution in [0.3, 0.4) is 0 Å². The van der Waals surface area contributed by atoms with Gasteiger partial charge in [0.1, 0.15) is 0 Å². The first-order valence-electron chi connectivity index (χ1n) is 17.4. The van der Waals surface area contributed by atoms with Crippen LogP contribution in [0.1, 0.15) is 6.42 Å². The number of esters is 1. The molecule has 0 aliphatic rings. The molecule has 0 spiro atoms. The maximum absolute atomic E-state index is 13.5.